The zero-order valence-corrected chi connectivity index (χ0v) is 18.7. The van der Waals surface area contributed by atoms with Crippen molar-refractivity contribution >= 4 is 29.2 Å². The van der Waals surface area contributed by atoms with Crippen molar-refractivity contribution in [2.75, 3.05) is 51.8 Å². The number of methoxy groups -OCH3 is 1. The first kappa shape index (κ1) is 23.1. The summed E-state index contributed by atoms with van der Waals surface area (Å²) in [5, 5.41) is 6.60. The van der Waals surface area contributed by atoms with Crippen LogP contribution in [0.3, 0.4) is 0 Å². The number of ether oxygens (including phenoxy) is 2. The van der Waals surface area contributed by atoms with Crippen LogP contribution in [0.15, 0.2) is 47.5 Å². The molecule has 2 aromatic carbocycles. The summed E-state index contributed by atoms with van der Waals surface area (Å²) in [5.74, 6) is 0.714. The molecular weight excluding hydrogens is 416 g/mol. The number of halogens is 1. The topological polar surface area (TPSA) is 75.2 Å². The molecule has 3 rings (SSSR count). The van der Waals surface area contributed by atoms with E-state index in [1.165, 1.54) is 5.56 Å². The van der Waals surface area contributed by atoms with Gasteiger partial charge in [0.15, 0.2) is 0 Å². The predicted molar refractivity (Wildman–Crippen MR) is 124 cm³/mol. The Morgan fingerprint density at radius 1 is 1.19 bits per heavy atom. The molecule has 7 nitrogen and oxygen atoms in total. The van der Waals surface area contributed by atoms with E-state index in [0.29, 0.717) is 34.5 Å². The van der Waals surface area contributed by atoms with E-state index in [4.69, 9.17) is 21.1 Å². The Labute approximate surface area is 188 Å². The smallest absolute Gasteiger partial charge is 0.257 e. The van der Waals surface area contributed by atoms with Gasteiger partial charge in [0.05, 0.1) is 32.6 Å². The van der Waals surface area contributed by atoms with E-state index >= 15 is 0 Å². The average Bonchev–Trinajstić information content (AvgIpc) is 2.80. The van der Waals surface area contributed by atoms with E-state index in [0.717, 1.165) is 39.3 Å². The number of hydrogen-bond acceptors (Lipinski definition) is 5. The molecular formula is C23H29ClN4O3. The molecule has 0 aromatic heterocycles. The molecule has 0 spiro atoms. The minimum atomic E-state index is -0.235. The van der Waals surface area contributed by atoms with Crippen LogP contribution in [0.1, 0.15) is 22.8 Å². The van der Waals surface area contributed by atoms with Crippen LogP contribution in [0.5, 0.6) is 5.75 Å². The van der Waals surface area contributed by atoms with Gasteiger partial charge in [0.1, 0.15) is 5.75 Å². The number of carbonyl (C=O) groups excluding carboxylic acids is 1. The normalized spacial score (nSPS) is 14.9. The summed E-state index contributed by atoms with van der Waals surface area (Å²) in [4.78, 5) is 19.7. The fraction of sp³-hybridized carbons (Fsp3) is 0.391. The van der Waals surface area contributed by atoms with Crippen LogP contribution in [0.25, 0.3) is 0 Å². The summed E-state index contributed by atoms with van der Waals surface area (Å²) >= 11 is 6.15. The second-order valence-corrected chi connectivity index (χ2v) is 7.59. The largest absolute Gasteiger partial charge is 0.495 e. The highest BCUT2D eigenvalue weighted by atomic mass is 35.5. The van der Waals surface area contributed by atoms with Crippen LogP contribution in [-0.4, -0.2) is 63.3 Å². The first-order valence-electron chi connectivity index (χ1n) is 10.4. The average molecular weight is 445 g/mol. The van der Waals surface area contributed by atoms with Crippen molar-refractivity contribution in [1.29, 1.82) is 0 Å². The van der Waals surface area contributed by atoms with Gasteiger partial charge in [-0.3, -0.25) is 20.0 Å². The van der Waals surface area contributed by atoms with E-state index in [2.05, 4.69) is 27.4 Å². The molecule has 0 unspecified atom stereocenters. The molecule has 0 aliphatic carbocycles. The van der Waals surface area contributed by atoms with Crippen LogP contribution >= 0.6 is 11.6 Å². The van der Waals surface area contributed by atoms with Crippen LogP contribution < -0.4 is 15.4 Å². The van der Waals surface area contributed by atoms with Gasteiger partial charge in [-0.15, -0.1) is 0 Å². The monoisotopic (exact) mass is 444 g/mol. The van der Waals surface area contributed by atoms with Crippen molar-refractivity contribution in [2.45, 2.75) is 13.3 Å². The molecule has 1 fully saturated rings. The van der Waals surface area contributed by atoms with Crippen molar-refractivity contribution in [2.24, 2.45) is 4.99 Å². The summed E-state index contributed by atoms with van der Waals surface area (Å²) in [6, 6.07) is 12.8. The number of anilines is 1. The number of aliphatic imine (C=N–C) groups is 1. The molecule has 1 aliphatic heterocycles. The molecule has 1 heterocycles. The standard InChI is InChI=1S/C23H29ClN4O3/c1-3-17-4-6-18(7-5-17)22(29)27-23(25-10-11-28-12-14-31-15-13-28)26-20-16-19(24)8-9-21(20)30-2/h4-9,16H,3,10-15H2,1-2H3,(H2,25,26,27,29). The lowest BCUT2D eigenvalue weighted by atomic mass is 10.1. The Balaban J connectivity index is 1.74. The third-order valence-electron chi connectivity index (χ3n) is 5.06. The minimum Gasteiger partial charge on any atom is -0.495 e. The molecule has 8 heteroatoms. The summed E-state index contributed by atoms with van der Waals surface area (Å²) in [6.45, 7) is 6.63. The number of amides is 1. The number of guanidine groups is 1. The maximum absolute atomic E-state index is 12.8. The van der Waals surface area contributed by atoms with Gasteiger partial charge in [0.2, 0.25) is 5.96 Å². The van der Waals surface area contributed by atoms with E-state index < -0.39 is 0 Å². The Bertz CT molecular complexity index is 896. The molecule has 166 valence electrons. The maximum Gasteiger partial charge on any atom is 0.257 e. The molecule has 0 atom stereocenters. The second-order valence-electron chi connectivity index (χ2n) is 7.16. The fourth-order valence-corrected chi connectivity index (χ4v) is 3.39. The van der Waals surface area contributed by atoms with Crippen LogP contribution in [-0.2, 0) is 11.2 Å². The number of morpholine rings is 1. The van der Waals surface area contributed by atoms with Crippen molar-refractivity contribution in [3.05, 3.63) is 58.6 Å². The summed E-state index contributed by atoms with van der Waals surface area (Å²) in [5.41, 5.74) is 2.37. The van der Waals surface area contributed by atoms with Crippen molar-refractivity contribution in [1.82, 2.24) is 10.2 Å². The van der Waals surface area contributed by atoms with Crippen molar-refractivity contribution in [3.63, 3.8) is 0 Å². The van der Waals surface area contributed by atoms with Gasteiger partial charge >= 0.3 is 0 Å². The molecule has 1 saturated heterocycles. The first-order valence-corrected chi connectivity index (χ1v) is 10.8. The summed E-state index contributed by atoms with van der Waals surface area (Å²) in [6.07, 6.45) is 0.923. The highest BCUT2D eigenvalue weighted by molar-refractivity contribution is 6.31. The van der Waals surface area contributed by atoms with Gasteiger partial charge in [0.25, 0.3) is 5.91 Å². The van der Waals surface area contributed by atoms with E-state index in [-0.39, 0.29) is 5.91 Å². The molecule has 1 aliphatic rings. The minimum absolute atomic E-state index is 0.235. The number of rotatable bonds is 7. The van der Waals surface area contributed by atoms with E-state index in [1.54, 1.807) is 25.3 Å². The molecule has 2 aromatic rings. The van der Waals surface area contributed by atoms with Crippen LogP contribution in [0, 0.1) is 0 Å². The lowest BCUT2D eigenvalue weighted by Crippen LogP contribution is -2.39. The quantitative estimate of drug-likeness (QED) is 0.505. The van der Waals surface area contributed by atoms with Crippen LogP contribution in [0.4, 0.5) is 5.69 Å². The fourth-order valence-electron chi connectivity index (χ4n) is 3.22. The molecule has 0 bridgehead atoms. The number of carbonyl (C=O) groups is 1. The molecule has 0 radical (unpaired) electrons. The first-order chi connectivity index (χ1) is 15.1. The van der Waals surface area contributed by atoms with Gasteiger partial charge in [-0.05, 0) is 42.3 Å². The SMILES string of the molecule is CCc1ccc(C(=O)NC(=NCCN2CCOCC2)Nc2cc(Cl)ccc2OC)cc1. The van der Waals surface area contributed by atoms with E-state index in [9.17, 15) is 4.79 Å². The maximum atomic E-state index is 12.8. The number of hydrogen-bond donors (Lipinski definition) is 2. The highest BCUT2D eigenvalue weighted by Gasteiger charge is 2.13. The second kappa shape index (κ2) is 11.7. The number of aryl methyl sites for hydroxylation is 1. The summed E-state index contributed by atoms with van der Waals surface area (Å²) in [7, 11) is 1.58. The third kappa shape index (κ3) is 6.95. The lowest BCUT2D eigenvalue weighted by molar-refractivity contribution is 0.0394. The predicted octanol–water partition coefficient (Wildman–Crippen LogP) is 3.44. The van der Waals surface area contributed by atoms with Gasteiger partial charge in [-0.1, -0.05) is 30.7 Å². The zero-order chi connectivity index (χ0) is 22.1. The van der Waals surface area contributed by atoms with Crippen molar-refractivity contribution < 1.29 is 14.3 Å². The zero-order valence-electron chi connectivity index (χ0n) is 18.0. The Hall–Kier alpha value is -2.61. The third-order valence-corrected chi connectivity index (χ3v) is 5.30. The number of nitrogens with one attached hydrogen (secondary N) is 2. The van der Waals surface area contributed by atoms with Crippen LogP contribution in [0.2, 0.25) is 5.02 Å². The highest BCUT2D eigenvalue weighted by Crippen LogP contribution is 2.27. The molecule has 31 heavy (non-hydrogen) atoms. The number of nitrogens with zero attached hydrogens (tertiary/aromatic N) is 2. The molecule has 0 saturated carbocycles. The number of benzene rings is 2. The van der Waals surface area contributed by atoms with Gasteiger partial charge in [-0.2, -0.15) is 0 Å². The van der Waals surface area contributed by atoms with Crippen molar-refractivity contribution in [3.8, 4) is 5.75 Å². The Morgan fingerprint density at radius 3 is 2.61 bits per heavy atom. The van der Waals surface area contributed by atoms with Gasteiger partial charge in [0, 0.05) is 30.2 Å². The lowest BCUT2D eigenvalue weighted by Gasteiger charge is -2.25. The van der Waals surface area contributed by atoms with E-state index in [1.807, 2.05) is 24.3 Å². The Morgan fingerprint density at radius 2 is 1.94 bits per heavy atom. The summed E-state index contributed by atoms with van der Waals surface area (Å²) < 4.78 is 10.8. The Kier molecular flexibility index (Phi) is 8.70. The van der Waals surface area contributed by atoms with Gasteiger partial charge in [-0.25, -0.2) is 0 Å². The molecule has 2 N–H and O–H groups in total. The molecule has 1 amide bonds. The van der Waals surface area contributed by atoms with Gasteiger partial charge < -0.3 is 14.8 Å².